The average Bonchev–Trinajstić information content (AvgIpc) is 0. The Bertz CT molecular complexity index is 14.9. The van der Waals surface area contributed by atoms with Crippen LogP contribution in [0, 0.1) is 0 Å². The molecule has 0 aliphatic rings. The van der Waals surface area contributed by atoms with Crippen LogP contribution in [-0.4, -0.2) is 125 Å². The normalized spacial score (nSPS) is 0. The van der Waals surface area contributed by atoms with E-state index in [4.69, 9.17) is 0 Å². The summed E-state index contributed by atoms with van der Waals surface area (Å²) in [6.07, 6.45) is 0. The summed E-state index contributed by atoms with van der Waals surface area (Å²) >= 11 is 0. The molecule has 0 aromatic carbocycles. The summed E-state index contributed by atoms with van der Waals surface area (Å²) < 4.78 is 0. The van der Waals surface area contributed by atoms with E-state index < -0.39 is 0 Å². The summed E-state index contributed by atoms with van der Waals surface area (Å²) in [5, 5.41) is 0. The van der Waals surface area contributed by atoms with Crippen LogP contribution in [0.4, 0.5) is 0 Å². The zero-order valence-electron chi connectivity index (χ0n) is 1.50. The fourth-order valence-corrected chi connectivity index (χ4v) is 0. The molecule has 0 amide bonds. The molecule has 0 saturated heterocycles. The third kappa shape index (κ3) is 46.8. The Morgan fingerprint density at radius 2 is 0.714 bits per heavy atom. The SMILES string of the molecule is B.O.O.O.[KH].[LiH].[NaH]. The van der Waals surface area contributed by atoms with Gasteiger partial charge in [-0.15, -0.1) is 0 Å². The molecule has 0 bridgehead atoms. The molecule has 3 nitrogen and oxygen atoms in total. The topological polar surface area (TPSA) is 94.5 Å². The van der Waals surface area contributed by atoms with Crippen molar-refractivity contribution in [3.63, 3.8) is 0 Å². The van der Waals surface area contributed by atoms with Crippen molar-refractivity contribution in [2.24, 2.45) is 0 Å². The summed E-state index contributed by atoms with van der Waals surface area (Å²) in [5.74, 6) is 0. The first-order valence-electron chi connectivity index (χ1n) is 0. The average molecular weight is 140 g/mol. The van der Waals surface area contributed by atoms with Gasteiger partial charge >= 0.3 is 99.8 Å². The molecule has 36 valence electrons. The molecule has 0 aromatic heterocycles. The molecule has 0 aliphatic carbocycles. The first-order chi connectivity index (χ1) is 0. The molecule has 0 unspecified atom stereocenters. The molecule has 7 heavy (non-hydrogen) atoms. The van der Waals surface area contributed by atoms with Gasteiger partial charge in [-0.25, -0.2) is 0 Å². The third-order valence-corrected chi connectivity index (χ3v) is 0. The summed E-state index contributed by atoms with van der Waals surface area (Å²) in [6.45, 7) is 0. The molecule has 0 radical (unpaired) electrons. The van der Waals surface area contributed by atoms with Crippen LogP contribution in [0.1, 0.15) is 0 Å². The van der Waals surface area contributed by atoms with Gasteiger partial charge in [-0.2, -0.15) is 0 Å². The molecule has 0 aliphatic heterocycles. The van der Waals surface area contributed by atoms with Gasteiger partial charge in [-0.1, -0.05) is 0 Å². The standard InChI is InChI=1S/BH3.K.Li.Na.3H2O.3H/h1H3;;;;3*1H2;;;. The summed E-state index contributed by atoms with van der Waals surface area (Å²) in [6, 6.07) is 0. The Kier molecular flexibility index (Phi) is 737. The Morgan fingerprint density at radius 3 is 0.714 bits per heavy atom. The van der Waals surface area contributed by atoms with Gasteiger partial charge in [0.15, 0.2) is 0 Å². The van der Waals surface area contributed by atoms with Gasteiger partial charge in [0.25, 0.3) is 0 Å². The van der Waals surface area contributed by atoms with Gasteiger partial charge in [0.05, 0.1) is 8.41 Å². The Hall–Kier alpha value is 3.18. The molecule has 7 heteroatoms. The molecule has 6 N–H and O–H groups in total. The first-order valence-corrected chi connectivity index (χ1v) is 0. The van der Waals surface area contributed by atoms with E-state index in [-0.39, 0.29) is 125 Å². The van der Waals surface area contributed by atoms with Crippen LogP contribution in [0.25, 0.3) is 0 Å². The molecular weight excluding hydrogens is 128 g/mol. The van der Waals surface area contributed by atoms with Crippen LogP contribution in [0.5, 0.6) is 0 Å². The molecule has 0 saturated carbocycles. The maximum atomic E-state index is 0. The first kappa shape index (κ1) is 84.9. The Labute approximate surface area is 122 Å². The fourth-order valence-electron chi connectivity index (χ4n) is 0. The van der Waals surface area contributed by atoms with E-state index in [9.17, 15) is 0 Å². The quantitative estimate of drug-likeness (QED) is 0.300. The van der Waals surface area contributed by atoms with Crippen molar-refractivity contribution >= 4 is 108 Å². The van der Waals surface area contributed by atoms with Crippen LogP contribution in [0.3, 0.4) is 0 Å². The van der Waals surface area contributed by atoms with Crippen molar-refractivity contribution in [3.8, 4) is 0 Å². The second-order valence-corrected chi connectivity index (χ2v) is 0. The molecule has 0 heterocycles. The predicted molar refractivity (Wildman–Crippen MR) is 42.2 cm³/mol. The van der Waals surface area contributed by atoms with E-state index in [0.29, 0.717) is 0 Å². The van der Waals surface area contributed by atoms with Crippen LogP contribution in [0.2, 0.25) is 0 Å². The van der Waals surface area contributed by atoms with E-state index in [1.165, 1.54) is 0 Å². The zero-order valence-corrected chi connectivity index (χ0v) is 1.50. The Morgan fingerprint density at radius 1 is 0.714 bits per heavy atom. The van der Waals surface area contributed by atoms with Crippen LogP contribution in [-0.2, 0) is 0 Å². The van der Waals surface area contributed by atoms with Gasteiger partial charge in [-0.05, 0) is 0 Å². The minimum atomic E-state index is 0. The van der Waals surface area contributed by atoms with Gasteiger partial charge in [0, 0.05) is 0 Å². The maximum absolute atomic E-state index is 0. The molecule has 0 fully saturated rings. The van der Waals surface area contributed by atoms with Crippen molar-refractivity contribution in [2.45, 2.75) is 0 Å². The van der Waals surface area contributed by atoms with Crippen LogP contribution < -0.4 is 0 Å². The van der Waals surface area contributed by atoms with Gasteiger partial charge in [0.2, 0.25) is 0 Å². The van der Waals surface area contributed by atoms with E-state index in [2.05, 4.69) is 0 Å². The van der Waals surface area contributed by atoms with Crippen molar-refractivity contribution < 1.29 is 16.4 Å². The third-order valence-electron chi connectivity index (χ3n) is 0. The summed E-state index contributed by atoms with van der Waals surface area (Å²) in [5.41, 5.74) is 0. The number of rotatable bonds is 0. The summed E-state index contributed by atoms with van der Waals surface area (Å²) in [7, 11) is 0. The van der Waals surface area contributed by atoms with Crippen molar-refractivity contribution in [2.75, 3.05) is 0 Å². The second kappa shape index (κ2) is 60.8. The second-order valence-electron chi connectivity index (χ2n) is 0. The fraction of sp³-hybridized carbons (Fsp3) is 0. The number of hydrogen-bond acceptors (Lipinski definition) is 0. The molecule has 0 rings (SSSR count). The number of hydrogen-bond donors (Lipinski definition) is 0. The van der Waals surface area contributed by atoms with Crippen molar-refractivity contribution in [3.05, 3.63) is 0 Å². The molecule has 0 spiro atoms. The monoisotopic (exact) mass is 140 g/mol. The van der Waals surface area contributed by atoms with Gasteiger partial charge < -0.3 is 16.4 Å². The van der Waals surface area contributed by atoms with Crippen LogP contribution in [0.15, 0.2) is 0 Å². The van der Waals surface area contributed by atoms with E-state index >= 15 is 0 Å². The zero-order chi connectivity index (χ0) is 0. The predicted octanol–water partition coefficient (Wildman–Crippen LogP) is -5.60. The van der Waals surface area contributed by atoms with Gasteiger partial charge in [0.1, 0.15) is 0 Å². The van der Waals surface area contributed by atoms with E-state index in [0.717, 1.165) is 0 Å². The van der Waals surface area contributed by atoms with Crippen molar-refractivity contribution in [1.29, 1.82) is 0 Å². The van der Waals surface area contributed by atoms with Crippen molar-refractivity contribution in [1.82, 2.24) is 0 Å². The van der Waals surface area contributed by atoms with E-state index in [1.54, 1.807) is 0 Å². The summed E-state index contributed by atoms with van der Waals surface area (Å²) in [4.78, 5) is 0. The molecular formula is H12BKLiNaO3. The van der Waals surface area contributed by atoms with E-state index in [1.807, 2.05) is 0 Å². The van der Waals surface area contributed by atoms with Gasteiger partial charge in [-0.3, -0.25) is 0 Å². The molecule has 0 aromatic rings. The molecule has 0 atom stereocenters. The van der Waals surface area contributed by atoms with Crippen LogP contribution >= 0.6 is 0 Å². The Balaban J connectivity index is 0. The minimum absolute atomic E-state index is 0.